The molecular weight excluding hydrogens is 258 g/mol. The van der Waals surface area contributed by atoms with Crippen molar-refractivity contribution in [2.24, 2.45) is 0 Å². The summed E-state index contributed by atoms with van der Waals surface area (Å²) in [5.41, 5.74) is 1.32. The van der Waals surface area contributed by atoms with Gasteiger partial charge < -0.3 is 20.1 Å². The molecule has 1 aromatic heterocycles. The standard InChI is InChI=1S/C14H21N3O3/c1-2-4-15-11-3-5-16-13(8-11)14(19)17-6-7-20-12(9-17)10-18/h3,5,8,12,18H,2,4,6-7,9-10H2,1H3,(H,15,16). The van der Waals surface area contributed by atoms with E-state index >= 15 is 0 Å². The van der Waals surface area contributed by atoms with Crippen LogP contribution in [0.5, 0.6) is 0 Å². The van der Waals surface area contributed by atoms with Crippen molar-refractivity contribution in [2.75, 3.05) is 38.2 Å². The van der Waals surface area contributed by atoms with Gasteiger partial charge in [0.2, 0.25) is 0 Å². The normalized spacial score (nSPS) is 18.9. The summed E-state index contributed by atoms with van der Waals surface area (Å²) in [7, 11) is 0. The van der Waals surface area contributed by atoms with Crippen LogP contribution >= 0.6 is 0 Å². The second-order valence-electron chi connectivity index (χ2n) is 4.78. The zero-order valence-corrected chi connectivity index (χ0v) is 11.7. The minimum Gasteiger partial charge on any atom is -0.394 e. The van der Waals surface area contributed by atoms with Gasteiger partial charge in [-0.2, -0.15) is 0 Å². The lowest BCUT2D eigenvalue weighted by Crippen LogP contribution is -2.47. The van der Waals surface area contributed by atoms with Crippen molar-refractivity contribution in [3.8, 4) is 0 Å². The minimum atomic E-state index is -0.297. The molecule has 1 aliphatic heterocycles. The number of anilines is 1. The Hall–Kier alpha value is -1.66. The van der Waals surface area contributed by atoms with Crippen molar-refractivity contribution in [2.45, 2.75) is 19.4 Å². The molecule has 0 spiro atoms. The molecule has 1 aliphatic rings. The maximum atomic E-state index is 12.4. The summed E-state index contributed by atoms with van der Waals surface area (Å²) in [5.74, 6) is -0.119. The van der Waals surface area contributed by atoms with Crippen molar-refractivity contribution in [1.82, 2.24) is 9.88 Å². The molecule has 1 aromatic rings. The van der Waals surface area contributed by atoms with E-state index in [9.17, 15) is 4.79 Å². The van der Waals surface area contributed by atoms with E-state index in [1.165, 1.54) is 0 Å². The highest BCUT2D eigenvalue weighted by molar-refractivity contribution is 5.93. The Bertz CT molecular complexity index is 453. The molecule has 1 saturated heterocycles. The highest BCUT2D eigenvalue weighted by Crippen LogP contribution is 2.13. The van der Waals surface area contributed by atoms with Gasteiger partial charge in [0, 0.05) is 31.5 Å². The number of carbonyl (C=O) groups is 1. The van der Waals surface area contributed by atoms with Gasteiger partial charge in [-0.3, -0.25) is 9.78 Å². The zero-order chi connectivity index (χ0) is 14.4. The number of carbonyl (C=O) groups excluding carboxylic acids is 1. The predicted octanol–water partition coefficient (Wildman–Crippen LogP) is 0.737. The van der Waals surface area contributed by atoms with Crippen LogP contribution < -0.4 is 5.32 Å². The number of ether oxygens (including phenoxy) is 1. The molecule has 0 aliphatic carbocycles. The third kappa shape index (κ3) is 3.68. The predicted molar refractivity (Wildman–Crippen MR) is 75.7 cm³/mol. The maximum Gasteiger partial charge on any atom is 0.272 e. The molecule has 2 heterocycles. The molecule has 20 heavy (non-hydrogen) atoms. The van der Waals surface area contributed by atoms with E-state index < -0.39 is 0 Å². The number of hydrogen-bond acceptors (Lipinski definition) is 5. The van der Waals surface area contributed by atoms with E-state index in [1.807, 2.05) is 6.07 Å². The second kappa shape index (κ2) is 7.21. The number of nitrogens with one attached hydrogen (secondary N) is 1. The highest BCUT2D eigenvalue weighted by Gasteiger charge is 2.25. The average molecular weight is 279 g/mol. The minimum absolute atomic E-state index is 0.0741. The largest absolute Gasteiger partial charge is 0.394 e. The van der Waals surface area contributed by atoms with Crippen molar-refractivity contribution >= 4 is 11.6 Å². The Balaban J connectivity index is 2.04. The van der Waals surface area contributed by atoms with E-state index in [0.717, 1.165) is 18.7 Å². The molecule has 1 fully saturated rings. The van der Waals surface area contributed by atoms with E-state index in [0.29, 0.717) is 25.4 Å². The first-order valence-corrected chi connectivity index (χ1v) is 6.96. The van der Waals surface area contributed by atoms with Crippen LogP contribution in [0.2, 0.25) is 0 Å². The van der Waals surface area contributed by atoms with Gasteiger partial charge in [-0.05, 0) is 18.6 Å². The smallest absolute Gasteiger partial charge is 0.272 e. The van der Waals surface area contributed by atoms with Crippen LogP contribution in [0, 0.1) is 0 Å². The summed E-state index contributed by atoms with van der Waals surface area (Å²) in [5, 5.41) is 12.4. The van der Waals surface area contributed by atoms with Crippen LogP contribution in [0.25, 0.3) is 0 Å². The van der Waals surface area contributed by atoms with E-state index in [1.54, 1.807) is 17.2 Å². The molecule has 1 unspecified atom stereocenters. The first-order chi connectivity index (χ1) is 9.74. The van der Waals surface area contributed by atoms with Crippen molar-refractivity contribution in [3.63, 3.8) is 0 Å². The molecule has 6 heteroatoms. The number of nitrogens with zero attached hydrogens (tertiary/aromatic N) is 2. The molecule has 110 valence electrons. The van der Waals surface area contributed by atoms with Gasteiger partial charge in [0.05, 0.1) is 19.3 Å². The third-order valence-electron chi connectivity index (χ3n) is 3.19. The Morgan fingerprint density at radius 3 is 3.25 bits per heavy atom. The molecule has 0 aromatic carbocycles. The Morgan fingerprint density at radius 1 is 1.65 bits per heavy atom. The monoisotopic (exact) mass is 279 g/mol. The number of aromatic nitrogens is 1. The number of aliphatic hydroxyl groups excluding tert-OH is 1. The Morgan fingerprint density at radius 2 is 2.50 bits per heavy atom. The van der Waals surface area contributed by atoms with Crippen molar-refractivity contribution in [1.29, 1.82) is 0 Å². The van der Waals surface area contributed by atoms with Crippen LogP contribution in [-0.2, 0) is 4.74 Å². The van der Waals surface area contributed by atoms with Gasteiger partial charge in [-0.15, -0.1) is 0 Å². The lowest BCUT2D eigenvalue weighted by molar-refractivity contribution is -0.0448. The summed E-state index contributed by atoms with van der Waals surface area (Å²) < 4.78 is 5.34. The first kappa shape index (κ1) is 14.7. The van der Waals surface area contributed by atoms with E-state index in [2.05, 4.69) is 17.2 Å². The number of hydrogen-bond donors (Lipinski definition) is 2. The summed E-state index contributed by atoms with van der Waals surface area (Å²) in [6.45, 7) is 4.26. The number of amides is 1. The third-order valence-corrected chi connectivity index (χ3v) is 3.19. The average Bonchev–Trinajstić information content (AvgIpc) is 2.52. The van der Waals surface area contributed by atoms with Gasteiger partial charge in [0.1, 0.15) is 5.69 Å². The SMILES string of the molecule is CCCNc1ccnc(C(=O)N2CCOC(CO)C2)c1. The zero-order valence-electron chi connectivity index (χ0n) is 11.7. The summed E-state index contributed by atoms with van der Waals surface area (Å²) >= 11 is 0. The molecule has 6 nitrogen and oxygen atoms in total. The fourth-order valence-corrected chi connectivity index (χ4v) is 2.10. The Kier molecular flexibility index (Phi) is 5.31. The van der Waals surface area contributed by atoms with Crippen LogP contribution in [0.4, 0.5) is 5.69 Å². The second-order valence-corrected chi connectivity index (χ2v) is 4.78. The molecule has 0 bridgehead atoms. The summed E-state index contributed by atoms with van der Waals surface area (Å²) in [6, 6.07) is 3.61. The van der Waals surface area contributed by atoms with Crippen molar-refractivity contribution < 1.29 is 14.6 Å². The lowest BCUT2D eigenvalue weighted by atomic mass is 10.2. The Labute approximate surface area is 118 Å². The number of pyridine rings is 1. The molecule has 1 amide bonds. The van der Waals surface area contributed by atoms with Gasteiger partial charge in [-0.1, -0.05) is 6.92 Å². The molecule has 2 N–H and O–H groups in total. The number of morpholine rings is 1. The van der Waals surface area contributed by atoms with Crippen LogP contribution in [0.3, 0.4) is 0 Å². The van der Waals surface area contributed by atoms with Crippen LogP contribution in [-0.4, -0.2) is 59.8 Å². The lowest BCUT2D eigenvalue weighted by Gasteiger charge is -2.31. The van der Waals surface area contributed by atoms with Crippen LogP contribution in [0.1, 0.15) is 23.8 Å². The summed E-state index contributed by atoms with van der Waals surface area (Å²) in [6.07, 6.45) is 2.36. The fourth-order valence-electron chi connectivity index (χ4n) is 2.10. The molecule has 2 rings (SSSR count). The van der Waals surface area contributed by atoms with E-state index in [-0.39, 0.29) is 18.6 Å². The fraction of sp³-hybridized carbons (Fsp3) is 0.571. The van der Waals surface area contributed by atoms with E-state index in [4.69, 9.17) is 9.84 Å². The number of aliphatic hydroxyl groups is 1. The van der Waals surface area contributed by atoms with Gasteiger partial charge in [0.25, 0.3) is 5.91 Å². The molecule has 0 radical (unpaired) electrons. The van der Waals surface area contributed by atoms with Crippen molar-refractivity contribution in [3.05, 3.63) is 24.0 Å². The molecule has 0 saturated carbocycles. The highest BCUT2D eigenvalue weighted by atomic mass is 16.5. The topological polar surface area (TPSA) is 74.7 Å². The van der Waals surface area contributed by atoms with Gasteiger partial charge in [-0.25, -0.2) is 0 Å². The maximum absolute atomic E-state index is 12.4. The first-order valence-electron chi connectivity index (χ1n) is 6.96. The number of rotatable bonds is 5. The van der Waals surface area contributed by atoms with Gasteiger partial charge >= 0.3 is 0 Å². The van der Waals surface area contributed by atoms with Gasteiger partial charge in [0.15, 0.2) is 0 Å². The quantitative estimate of drug-likeness (QED) is 0.831. The molecular formula is C14H21N3O3. The van der Waals surface area contributed by atoms with Crippen LogP contribution in [0.15, 0.2) is 18.3 Å². The molecule has 1 atom stereocenters. The summed E-state index contributed by atoms with van der Waals surface area (Å²) in [4.78, 5) is 18.2.